The van der Waals surface area contributed by atoms with Crippen LogP contribution < -0.4 is 11.5 Å². The second-order valence-electron chi connectivity index (χ2n) is 6.51. The molecule has 1 saturated heterocycles. The summed E-state index contributed by atoms with van der Waals surface area (Å²) in [6.07, 6.45) is 1.31. The molecule has 1 aliphatic heterocycles. The average molecular weight is 399 g/mol. The normalized spacial score (nSPS) is 27.7. The van der Waals surface area contributed by atoms with E-state index in [0.29, 0.717) is 29.1 Å². The van der Waals surface area contributed by atoms with E-state index < -0.39 is 36.6 Å². The van der Waals surface area contributed by atoms with Gasteiger partial charge >= 0.3 is 5.97 Å². The summed E-state index contributed by atoms with van der Waals surface area (Å²) in [4.78, 5) is 23.0. The number of rotatable bonds is 7. The summed E-state index contributed by atoms with van der Waals surface area (Å²) in [6.45, 7) is 0. The van der Waals surface area contributed by atoms with Crippen molar-refractivity contribution in [2.24, 2.45) is 5.73 Å². The molecule has 0 saturated carbocycles. The van der Waals surface area contributed by atoms with Crippen molar-refractivity contribution < 1.29 is 24.9 Å². The average Bonchev–Trinajstić information content (AvgIpc) is 3.17. The number of hydrogen-bond donors (Lipinski definition) is 5. The van der Waals surface area contributed by atoms with Gasteiger partial charge in [-0.1, -0.05) is 0 Å². The Labute approximate surface area is 157 Å². The number of aromatic nitrogens is 4. The Morgan fingerprint density at radius 2 is 2.11 bits per heavy atom. The molecule has 0 aliphatic carbocycles. The molecule has 0 amide bonds. The van der Waals surface area contributed by atoms with Gasteiger partial charge < -0.3 is 31.5 Å². The van der Waals surface area contributed by atoms with Crippen LogP contribution in [0.5, 0.6) is 0 Å². The third-order valence-electron chi connectivity index (χ3n) is 4.54. The lowest BCUT2D eigenvalue weighted by atomic mass is 10.1. The van der Waals surface area contributed by atoms with Crippen molar-refractivity contribution in [2.75, 3.05) is 23.5 Å². The zero-order valence-corrected chi connectivity index (χ0v) is 15.5. The maximum atomic E-state index is 10.8. The van der Waals surface area contributed by atoms with E-state index >= 15 is 0 Å². The topological polar surface area (TPSA) is 183 Å². The van der Waals surface area contributed by atoms with Crippen LogP contribution in [0.15, 0.2) is 12.7 Å². The first-order valence-corrected chi connectivity index (χ1v) is 10.3. The van der Waals surface area contributed by atoms with Crippen LogP contribution in [0, 0.1) is 0 Å². The predicted octanol–water partition coefficient (Wildman–Crippen LogP) is -1.92. The van der Waals surface area contributed by atoms with Gasteiger partial charge in [0.25, 0.3) is 0 Å². The Bertz CT molecular complexity index is 819. The van der Waals surface area contributed by atoms with Crippen LogP contribution in [0.1, 0.15) is 12.6 Å². The molecule has 7 N–H and O–H groups in total. The van der Waals surface area contributed by atoms with Crippen molar-refractivity contribution in [1.29, 1.82) is 0 Å². The number of anilines is 1. The van der Waals surface area contributed by atoms with E-state index in [0.717, 1.165) is 0 Å². The van der Waals surface area contributed by atoms with Gasteiger partial charge in [0.1, 0.15) is 47.7 Å². The summed E-state index contributed by atoms with van der Waals surface area (Å²) < 4.78 is 7.41. The van der Waals surface area contributed by atoms with Crippen LogP contribution in [0.25, 0.3) is 11.2 Å². The minimum atomic E-state index is -1.16. The second-order valence-corrected chi connectivity index (χ2v) is 8.82. The number of carboxylic acids is 1. The summed E-state index contributed by atoms with van der Waals surface area (Å²) in [5, 5.41) is 29.7. The number of carbonyl (C=O) groups is 1. The zero-order chi connectivity index (χ0) is 19.7. The van der Waals surface area contributed by atoms with Crippen molar-refractivity contribution >= 4 is 33.8 Å². The minimum absolute atomic E-state index is 0.216. The van der Waals surface area contributed by atoms with Crippen molar-refractivity contribution in [3.8, 4) is 0 Å². The highest BCUT2D eigenvalue weighted by Crippen LogP contribution is 2.32. The van der Waals surface area contributed by atoms with Crippen LogP contribution in [-0.4, -0.2) is 82.9 Å². The summed E-state index contributed by atoms with van der Waals surface area (Å²) in [5.41, 5.74) is 12.1. The van der Waals surface area contributed by atoms with Gasteiger partial charge in [-0.2, -0.15) is 0 Å². The molecule has 6 atom stereocenters. The fraction of sp³-hybridized carbons (Fsp3) is 0.600. The van der Waals surface area contributed by atoms with E-state index in [2.05, 4.69) is 15.0 Å². The van der Waals surface area contributed by atoms with Crippen LogP contribution in [0.2, 0.25) is 0 Å². The Balaban J connectivity index is 1.68. The van der Waals surface area contributed by atoms with Crippen LogP contribution in [0.4, 0.5) is 5.82 Å². The molecule has 12 heteroatoms. The number of imidazole rings is 1. The maximum Gasteiger partial charge on any atom is 0.320 e. The van der Waals surface area contributed by atoms with E-state index in [-0.39, 0.29) is 16.7 Å². The molecular weight excluding hydrogens is 376 g/mol. The van der Waals surface area contributed by atoms with E-state index in [1.54, 1.807) is 0 Å². The van der Waals surface area contributed by atoms with Crippen LogP contribution in [0.3, 0.4) is 0 Å². The lowest BCUT2D eigenvalue weighted by molar-refractivity contribution is -0.138. The summed E-state index contributed by atoms with van der Waals surface area (Å²) in [6, 6.07) is -0.907. The number of carboxylic acid groups (broad SMARTS) is 1. The van der Waals surface area contributed by atoms with Gasteiger partial charge in [-0.3, -0.25) is 9.36 Å². The number of aliphatic hydroxyl groups is 2. The van der Waals surface area contributed by atoms with Gasteiger partial charge in [-0.25, -0.2) is 15.0 Å². The summed E-state index contributed by atoms with van der Waals surface area (Å²) >= 11 is 0. The summed E-state index contributed by atoms with van der Waals surface area (Å²) in [5.74, 6) is 0.254. The Morgan fingerprint density at radius 3 is 2.81 bits per heavy atom. The first-order valence-electron chi connectivity index (χ1n) is 8.31. The molecule has 5 unspecified atom stereocenters. The van der Waals surface area contributed by atoms with Gasteiger partial charge in [-0.05, 0) is 10.9 Å². The monoisotopic (exact) mass is 399 g/mol. The Hall–Kier alpha value is -1.99. The zero-order valence-electron chi connectivity index (χ0n) is 14.7. The molecule has 0 aromatic carbocycles. The molecule has 2 aromatic rings. The van der Waals surface area contributed by atoms with Gasteiger partial charge in [0, 0.05) is 6.42 Å². The second kappa shape index (κ2) is 7.94. The number of aliphatic carboxylic acids is 1. The third-order valence-corrected chi connectivity index (χ3v) is 6.37. The lowest BCUT2D eigenvalue weighted by Crippen LogP contribution is -2.37. The number of hydrogen-bond acceptors (Lipinski definition) is 9. The first kappa shape index (κ1) is 19.8. The Morgan fingerprint density at radius 1 is 1.37 bits per heavy atom. The van der Waals surface area contributed by atoms with Crippen molar-refractivity contribution in [3.05, 3.63) is 12.7 Å². The number of fused-ring (bicyclic) bond motifs is 1. The fourth-order valence-electron chi connectivity index (χ4n) is 2.97. The highest BCUT2D eigenvalue weighted by Gasteiger charge is 2.46. The standard InChI is InChI=1S/C15H22N6O5S/c1-27(3-2-7(16)15(24)25)4-8-10(22)11(23)14(26-8)21-6-20-9-12(17)18-5-19-13(9)21/h5-8,10-11,14,22-23H,2-4,16H2,1H3,(H2-,17,18,19,24,25)/p+1/t7-,8?,10?,11?,14?,27?/m1/s1. The molecule has 3 rings (SSSR count). The molecule has 11 nitrogen and oxygen atoms in total. The smallest absolute Gasteiger partial charge is 0.320 e. The van der Waals surface area contributed by atoms with Gasteiger partial charge in [-0.15, -0.1) is 0 Å². The van der Waals surface area contributed by atoms with E-state index in [1.807, 2.05) is 6.26 Å². The number of aliphatic hydroxyl groups excluding tert-OH is 2. The number of nitrogens with zero attached hydrogens (tertiary/aromatic N) is 4. The van der Waals surface area contributed by atoms with Crippen molar-refractivity contribution in [2.45, 2.75) is 37.0 Å². The maximum absolute atomic E-state index is 10.8. The Kier molecular flexibility index (Phi) is 5.81. The molecule has 0 bridgehead atoms. The molecular formula is C15H23N6O5S+. The molecule has 148 valence electrons. The number of nitrogen functional groups attached to an aromatic ring is 1. The van der Waals surface area contributed by atoms with Crippen LogP contribution in [-0.2, 0) is 20.4 Å². The van der Waals surface area contributed by atoms with E-state index in [9.17, 15) is 15.0 Å². The number of nitrogens with two attached hydrogens (primary N) is 2. The molecule has 0 spiro atoms. The largest absolute Gasteiger partial charge is 0.480 e. The van der Waals surface area contributed by atoms with E-state index in [4.69, 9.17) is 21.3 Å². The quantitative estimate of drug-likeness (QED) is 0.329. The first-order chi connectivity index (χ1) is 12.8. The molecule has 3 heterocycles. The van der Waals surface area contributed by atoms with E-state index in [1.165, 1.54) is 17.2 Å². The highest BCUT2D eigenvalue weighted by atomic mass is 32.2. The van der Waals surface area contributed by atoms with Crippen molar-refractivity contribution in [3.63, 3.8) is 0 Å². The van der Waals surface area contributed by atoms with Crippen LogP contribution >= 0.6 is 0 Å². The third kappa shape index (κ3) is 3.99. The molecule has 1 fully saturated rings. The fourth-order valence-corrected chi connectivity index (χ4v) is 4.63. The van der Waals surface area contributed by atoms with Gasteiger partial charge in [0.2, 0.25) is 0 Å². The van der Waals surface area contributed by atoms with Gasteiger partial charge in [0.05, 0.1) is 12.6 Å². The summed E-state index contributed by atoms with van der Waals surface area (Å²) in [7, 11) is -0.235. The predicted molar refractivity (Wildman–Crippen MR) is 98.9 cm³/mol. The highest BCUT2D eigenvalue weighted by molar-refractivity contribution is 7.96. The molecule has 1 aliphatic rings. The molecule has 0 radical (unpaired) electrons. The SMILES string of the molecule is C[S+](CC[C@@H](N)C(=O)O)CC1OC(n2cnc3c(N)ncnc32)C(O)C1O. The lowest BCUT2D eigenvalue weighted by Gasteiger charge is -2.16. The minimum Gasteiger partial charge on any atom is -0.480 e. The van der Waals surface area contributed by atoms with Gasteiger partial charge in [0.15, 0.2) is 17.7 Å². The number of ether oxygens (including phenoxy) is 1. The van der Waals surface area contributed by atoms with Crippen molar-refractivity contribution in [1.82, 2.24) is 19.5 Å². The molecule has 2 aromatic heterocycles. The molecule has 27 heavy (non-hydrogen) atoms.